The molecule has 0 aliphatic heterocycles. The highest BCUT2D eigenvalue weighted by atomic mass is 32.2. The van der Waals surface area contributed by atoms with Crippen molar-refractivity contribution in [3.63, 3.8) is 0 Å². The summed E-state index contributed by atoms with van der Waals surface area (Å²) in [6, 6.07) is 10.8. The Morgan fingerprint density at radius 1 is 1.21 bits per heavy atom. The second-order valence-electron chi connectivity index (χ2n) is 5.11. The Kier molecular flexibility index (Phi) is 4.75. The molecule has 0 spiro atoms. The lowest BCUT2D eigenvalue weighted by Gasteiger charge is -2.06. The van der Waals surface area contributed by atoms with E-state index in [1.54, 1.807) is 37.4 Å². The predicted octanol–water partition coefficient (Wildman–Crippen LogP) is 3.50. The van der Waals surface area contributed by atoms with Crippen LogP contribution in [-0.2, 0) is 16.4 Å². The topological polar surface area (TPSA) is 59.1 Å². The predicted molar refractivity (Wildman–Crippen MR) is 92.2 cm³/mol. The first-order valence-corrected chi connectivity index (χ1v) is 9.51. The Balaban J connectivity index is 2.23. The molecule has 0 radical (unpaired) electrons. The third-order valence-electron chi connectivity index (χ3n) is 3.45. The lowest BCUT2D eigenvalue weighted by Crippen LogP contribution is -2.04. The number of nitrogens with one attached hydrogen (secondary N) is 1. The van der Waals surface area contributed by atoms with Crippen molar-refractivity contribution in [3.8, 4) is 10.4 Å². The first kappa shape index (κ1) is 16.8. The van der Waals surface area contributed by atoms with E-state index in [4.69, 9.17) is 0 Å². The Bertz CT molecular complexity index is 954. The van der Waals surface area contributed by atoms with Gasteiger partial charge < -0.3 is 5.32 Å². The molecule has 0 fully saturated rings. The SMILES string of the molecule is CNCc1cc(S(=O)(=O)c2cccnc2)c(-c2ccccc2F)s1. The molecule has 2 aromatic heterocycles. The van der Waals surface area contributed by atoms with Crippen molar-refractivity contribution in [1.29, 1.82) is 0 Å². The summed E-state index contributed by atoms with van der Waals surface area (Å²) < 4.78 is 40.2. The van der Waals surface area contributed by atoms with Gasteiger partial charge >= 0.3 is 0 Å². The Morgan fingerprint density at radius 3 is 2.67 bits per heavy atom. The van der Waals surface area contributed by atoms with Crippen LogP contribution >= 0.6 is 11.3 Å². The third-order valence-corrected chi connectivity index (χ3v) is 6.51. The van der Waals surface area contributed by atoms with Crippen molar-refractivity contribution in [1.82, 2.24) is 10.3 Å². The summed E-state index contributed by atoms with van der Waals surface area (Å²) in [6.45, 7) is 0.509. The van der Waals surface area contributed by atoms with Crippen LogP contribution in [0.3, 0.4) is 0 Å². The highest BCUT2D eigenvalue weighted by molar-refractivity contribution is 7.91. The van der Waals surface area contributed by atoms with Crippen LogP contribution in [0.15, 0.2) is 64.6 Å². The van der Waals surface area contributed by atoms with Gasteiger partial charge in [0.25, 0.3) is 0 Å². The number of pyridine rings is 1. The summed E-state index contributed by atoms with van der Waals surface area (Å²) in [5.41, 5.74) is 0.285. The molecule has 0 bridgehead atoms. The van der Waals surface area contributed by atoms with Crippen molar-refractivity contribution in [3.05, 3.63) is 65.6 Å². The smallest absolute Gasteiger partial charge is 0.209 e. The molecule has 0 saturated heterocycles. The minimum Gasteiger partial charge on any atom is -0.315 e. The van der Waals surface area contributed by atoms with E-state index in [-0.39, 0.29) is 15.4 Å². The Hall–Kier alpha value is -2.09. The highest BCUT2D eigenvalue weighted by Gasteiger charge is 2.26. The number of hydrogen-bond acceptors (Lipinski definition) is 5. The normalized spacial score (nSPS) is 11.6. The standard InChI is InChI=1S/C17H15FN2O2S2/c1-19-10-12-9-16(24(21,22)13-5-4-8-20-11-13)17(23-12)14-6-2-3-7-15(14)18/h2-9,11,19H,10H2,1H3. The maximum absolute atomic E-state index is 14.2. The lowest BCUT2D eigenvalue weighted by atomic mass is 10.2. The number of thiophene rings is 1. The van der Waals surface area contributed by atoms with Crippen LogP contribution < -0.4 is 5.32 Å². The van der Waals surface area contributed by atoms with Gasteiger partial charge in [-0.15, -0.1) is 11.3 Å². The van der Waals surface area contributed by atoms with E-state index in [9.17, 15) is 12.8 Å². The van der Waals surface area contributed by atoms with E-state index in [1.165, 1.54) is 35.9 Å². The average molecular weight is 362 g/mol. The minimum absolute atomic E-state index is 0.0939. The molecule has 24 heavy (non-hydrogen) atoms. The van der Waals surface area contributed by atoms with E-state index in [1.807, 2.05) is 0 Å². The molecule has 1 aromatic carbocycles. The highest BCUT2D eigenvalue weighted by Crippen LogP contribution is 2.39. The zero-order valence-corrected chi connectivity index (χ0v) is 14.5. The van der Waals surface area contributed by atoms with Gasteiger partial charge in [0.05, 0.1) is 14.7 Å². The largest absolute Gasteiger partial charge is 0.315 e. The van der Waals surface area contributed by atoms with Crippen LogP contribution in [-0.4, -0.2) is 20.4 Å². The van der Waals surface area contributed by atoms with Crippen LogP contribution in [0.1, 0.15) is 4.88 Å². The van der Waals surface area contributed by atoms with E-state index in [2.05, 4.69) is 10.3 Å². The molecule has 1 N–H and O–H groups in total. The lowest BCUT2D eigenvalue weighted by molar-refractivity contribution is 0.596. The van der Waals surface area contributed by atoms with E-state index < -0.39 is 15.7 Å². The zero-order valence-electron chi connectivity index (χ0n) is 12.9. The molecule has 4 nitrogen and oxygen atoms in total. The molecule has 3 aromatic rings. The first-order valence-electron chi connectivity index (χ1n) is 7.21. The molecular formula is C17H15FN2O2S2. The number of halogens is 1. The minimum atomic E-state index is -3.78. The fourth-order valence-electron chi connectivity index (χ4n) is 2.35. The van der Waals surface area contributed by atoms with Gasteiger partial charge in [-0.25, -0.2) is 12.8 Å². The van der Waals surface area contributed by atoms with Crippen molar-refractivity contribution in [2.45, 2.75) is 16.3 Å². The fourth-order valence-corrected chi connectivity index (χ4v) is 5.33. The van der Waals surface area contributed by atoms with E-state index in [0.29, 0.717) is 11.4 Å². The van der Waals surface area contributed by atoms with Crippen LogP contribution in [0.5, 0.6) is 0 Å². The maximum Gasteiger partial charge on any atom is 0.209 e. The summed E-state index contributed by atoms with van der Waals surface area (Å²) in [5.74, 6) is -0.446. The van der Waals surface area contributed by atoms with Crippen LogP contribution in [0.25, 0.3) is 10.4 Å². The molecule has 0 unspecified atom stereocenters. The summed E-state index contributed by atoms with van der Waals surface area (Å²) in [6.07, 6.45) is 2.81. The van der Waals surface area contributed by atoms with Crippen LogP contribution in [0.4, 0.5) is 4.39 Å². The van der Waals surface area contributed by atoms with Crippen molar-refractivity contribution in [2.75, 3.05) is 7.05 Å². The van der Waals surface area contributed by atoms with Gasteiger partial charge in [0.15, 0.2) is 0 Å². The van der Waals surface area contributed by atoms with Gasteiger partial charge in [0.2, 0.25) is 9.84 Å². The Labute approximate surface area is 143 Å². The van der Waals surface area contributed by atoms with Gasteiger partial charge in [0, 0.05) is 29.4 Å². The van der Waals surface area contributed by atoms with E-state index >= 15 is 0 Å². The Morgan fingerprint density at radius 2 is 2.00 bits per heavy atom. The van der Waals surface area contributed by atoms with Gasteiger partial charge in [0.1, 0.15) is 5.82 Å². The van der Waals surface area contributed by atoms with Gasteiger partial charge in [-0.05, 0) is 31.3 Å². The molecule has 0 saturated carbocycles. The average Bonchev–Trinajstić information content (AvgIpc) is 3.01. The number of sulfone groups is 1. The number of aromatic nitrogens is 1. The molecule has 0 aliphatic carbocycles. The van der Waals surface area contributed by atoms with Crippen LogP contribution in [0.2, 0.25) is 0 Å². The zero-order chi connectivity index (χ0) is 17.2. The molecule has 124 valence electrons. The number of hydrogen-bond donors (Lipinski definition) is 1. The molecule has 2 heterocycles. The van der Waals surface area contributed by atoms with Crippen LogP contribution in [0, 0.1) is 5.82 Å². The number of rotatable bonds is 5. The monoisotopic (exact) mass is 362 g/mol. The first-order chi connectivity index (χ1) is 11.5. The van der Waals surface area contributed by atoms with Crippen molar-refractivity contribution < 1.29 is 12.8 Å². The van der Waals surface area contributed by atoms with Gasteiger partial charge in [-0.2, -0.15) is 0 Å². The van der Waals surface area contributed by atoms with Gasteiger partial charge in [-0.1, -0.05) is 18.2 Å². The summed E-state index contributed by atoms with van der Waals surface area (Å²) >= 11 is 1.27. The second kappa shape index (κ2) is 6.80. The number of benzene rings is 1. The molecule has 0 atom stereocenters. The van der Waals surface area contributed by atoms with E-state index in [0.717, 1.165) is 4.88 Å². The van der Waals surface area contributed by atoms with Crippen molar-refractivity contribution in [2.24, 2.45) is 0 Å². The third kappa shape index (κ3) is 3.10. The molecule has 0 amide bonds. The second-order valence-corrected chi connectivity index (χ2v) is 8.16. The summed E-state index contributed by atoms with van der Waals surface area (Å²) in [4.78, 5) is 5.30. The molecule has 3 rings (SSSR count). The molecular weight excluding hydrogens is 347 g/mol. The summed E-state index contributed by atoms with van der Waals surface area (Å²) in [7, 11) is -2.00. The fraction of sp³-hybridized carbons (Fsp3) is 0.118. The maximum atomic E-state index is 14.2. The summed E-state index contributed by atoms with van der Waals surface area (Å²) in [5, 5.41) is 2.99. The molecule has 0 aliphatic rings. The van der Waals surface area contributed by atoms with Gasteiger partial charge in [-0.3, -0.25) is 4.98 Å². The number of nitrogens with zero attached hydrogens (tertiary/aromatic N) is 1. The molecule has 7 heteroatoms. The van der Waals surface area contributed by atoms with Crippen molar-refractivity contribution >= 4 is 21.2 Å². The quantitative estimate of drug-likeness (QED) is 0.755.